The molecule has 3 aromatic rings. The molecule has 0 saturated carbocycles. The first-order chi connectivity index (χ1) is 13.4. The molecule has 1 atom stereocenters. The lowest BCUT2D eigenvalue weighted by Gasteiger charge is -2.16. The van der Waals surface area contributed by atoms with Crippen LogP contribution in [0.25, 0.3) is 16.6 Å². The van der Waals surface area contributed by atoms with Crippen molar-refractivity contribution < 1.29 is 4.79 Å². The molecule has 5 nitrogen and oxygen atoms in total. The van der Waals surface area contributed by atoms with E-state index in [1.54, 1.807) is 10.6 Å². The normalized spacial score (nSPS) is 12.1. The number of benzene rings is 2. The molecule has 1 amide bonds. The van der Waals surface area contributed by atoms with Crippen LogP contribution in [-0.2, 0) is 4.79 Å². The Bertz CT molecular complexity index is 1080. The minimum absolute atomic E-state index is 0.0609. The molecule has 0 aliphatic rings. The Morgan fingerprint density at radius 2 is 1.96 bits per heavy atom. The first-order valence-electron chi connectivity index (χ1n) is 9.42. The smallest absolute Gasteiger partial charge is 0.266 e. The fraction of sp³-hybridized carbons (Fsp3) is 0.318. The van der Waals surface area contributed by atoms with Crippen LogP contribution in [0.15, 0.2) is 52.4 Å². The van der Waals surface area contributed by atoms with Crippen molar-refractivity contribution in [2.24, 2.45) is 0 Å². The molecule has 1 unspecified atom stereocenters. The van der Waals surface area contributed by atoms with E-state index in [9.17, 15) is 9.59 Å². The number of fused-ring (bicyclic) bond motifs is 1. The Balaban J connectivity index is 2.09. The van der Waals surface area contributed by atoms with Gasteiger partial charge in [0, 0.05) is 6.04 Å². The van der Waals surface area contributed by atoms with E-state index >= 15 is 0 Å². The summed E-state index contributed by atoms with van der Waals surface area (Å²) in [5.41, 5.74) is 3.36. The number of carbonyl (C=O) groups is 1. The summed E-state index contributed by atoms with van der Waals surface area (Å²) in [7, 11) is 0. The number of para-hydroxylation sites is 1. The van der Waals surface area contributed by atoms with Gasteiger partial charge in [-0.25, -0.2) is 4.98 Å². The number of nitrogens with zero attached hydrogens (tertiary/aromatic N) is 2. The fourth-order valence-corrected chi connectivity index (χ4v) is 3.75. The molecule has 0 fully saturated rings. The van der Waals surface area contributed by atoms with Gasteiger partial charge in [-0.2, -0.15) is 0 Å². The van der Waals surface area contributed by atoms with E-state index in [1.807, 2.05) is 64.1 Å². The second kappa shape index (κ2) is 8.61. The largest absolute Gasteiger partial charge is 0.353 e. The molecule has 0 radical (unpaired) electrons. The predicted molar refractivity (Wildman–Crippen MR) is 115 cm³/mol. The molecule has 0 saturated heterocycles. The van der Waals surface area contributed by atoms with Gasteiger partial charge in [0.05, 0.1) is 22.3 Å². The zero-order valence-electron chi connectivity index (χ0n) is 16.7. The lowest BCUT2D eigenvalue weighted by molar-refractivity contribution is -0.119. The molecular formula is C22H25N3O2S. The number of nitrogens with one attached hydrogen (secondary N) is 1. The van der Waals surface area contributed by atoms with Crippen LogP contribution >= 0.6 is 11.8 Å². The zero-order valence-corrected chi connectivity index (χ0v) is 17.5. The average molecular weight is 396 g/mol. The summed E-state index contributed by atoms with van der Waals surface area (Å²) in [5.74, 6) is 0.147. The summed E-state index contributed by atoms with van der Waals surface area (Å²) in [6, 6.07) is 13.4. The first kappa shape index (κ1) is 20.1. The third-order valence-electron chi connectivity index (χ3n) is 4.70. The van der Waals surface area contributed by atoms with E-state index < -0.39 is 0 Å². The molecule has 6 heteroatoms. The van der Waals surface area contributed by atoms with Gasteiger partial charge in [0.2, 0.25) is 5.91 Å². The molecule has 0 spiro atoms. The van der Waals surface area contributed by atoms with Crippen molar-refractivity contribution in [3.05, 3.63) is 63.9 Å². The number of amides is 1. The van der Waals surface area contributed by atoms with Crippen molar-refractivity contribution in [3.8, 4) is 5.69 Å². The first-order valence-corrected chi connectivity index (χ1v) is 10.4. The molecule has 2 aromatic carbocycles. The summed E-state index contributed by atoms with van der Waals surface area (Å²) in [5, 5.41) is 4.05. The molecule has 0 bridgehead atoms. The number of aryl methyl sites for hydroxylation is 2. The van der Waals surface area contributed by atoms with Crippen LogP contribution in [0.4, 0.5) is 0 Å². The lowest BCUT2D eigenvalue weighted by atomic mass is 10.1. The molecule has 1 aromatic heterocycles. The van der Waals surface area contributed by atoms with E-state index in [-0.39, 0.29) is 23.3 Å². The summed E-state index contributed by atoms with van der Waals surface area (Å²) in [4.78, 5) is 30.2. The van der Waals surface area contributed by atoms with Gasteiger partial charge in [0.1, 0.15) is 0 Å². The van der Waals surface area contributed by atoms with Crippen molar-refractivity contribution >= 4 is 28.6 Å². The van der Waals surface area contributed by atoms with Gasteiger partial charge in [0.25, 0.3) is 5.56 Å². The van der Waals surface area contributed by atoms with E-state index in [1.165, 1.54) is 11.8 Å². The monoisotopic (exact) mass is 395 g/mol. The van der Waals surface area contributed by atoms with Crippen LogP contribution in [-0.4, -0.2) is 27.3 Å². The topological polar surface area (TPSA) is 64.0 Å². The van der Waals surface area contributed by atoms with Gasteiger partial charge in [0.15, 0.2) is 5.16 Å². The second-order valence-corrected chi connectivity index (χ2v) is 7.95. The third-order valence-corrected chi connectivity index (χ3v) is 5.64. The maximum atomic E-state index is 13.3. The SMILES string of the molecule is CCC(C)NC(=O)CSc1nc2ccccc2c(=O)n1-c1cc(C)ccc1C. The van der Waals surface area contributed by atoms with Crippen LogP contribution < -0.4 is 10.9 Å². The minimum atomic E-state index is -0.121. The quantitative estimate of drug-likeness (QED) is 0.506. The second-order valence-electron chi connectivity index (χ2n) is 7.01. The maximum absolute atomic E-state index is 13.3. The molecule has 1 heterocycles. The highest BCUT2D eigenvalue weighted by atomic mass is 32.2. The molecule has 0 aliphatic carbocycles. The number of hydrogen-bond acceptors (Lipinski definition) is 4. The van der Waals surface area contributed by atoms with Crippen LogP contribution in [0.1, 0.15) is 31.4 Å². The van der Waals surface area contributed by atoms with Crippen LogP contribution in [0.2, 0.25) is 0 Å². The Hall–Kier alpha value is -2.60. The highest BCUT2D eigenvalue weighted by Gasteiger charge is 2.16. The molecule has 28 heavy (non-hydrogen) atoms. The van der Waals surface area contributed by atoms with Gasteiger partial charge >= 0.3 is 0 Å². The molecule has 1 N–H and O–H groups in total. The van der Waals surface area contributed by atoms with Crippen molar-refractivity contribution in [1.29, 1.82) is 0 Å². The summed E-state index contributed by atoms with van der Waals surface area (Å²) in [6.45, 7) is 7.97. The highest BCUT2D eigenvalue weighted by Crippen LogP contribution is 2.23. The Morgan fingerprint density at radius 1 is 1.21 bits per heavy atom. The number of carbonyl (C=O) groups excluding carboxylic acids is 1. The lowest BCUT2D eigenvalue weighted by Crippen LogP contribution is -2.33. The molecule has 146 valence electrons. The summed E-state index contributed by atoms with van der Waals surface area (Å²) < 4.78 is 1.63. The van der Waals surface area contributed by atoms with Crippen LogP contribution in [0.5, 0.6) is 0 Å². The van der Waals surface area contributed by atoms with E-state index in [4.69, 9.17) is 4.98 Å². The van der Waals surface area contributed by atoms with Crippen molar-refractivity contribution in [2.75, 3.05) is 5.75 Å². The standard InChI is InChI=1S/C22H25N3O2S/c1-5-16(4)23-20(26)13-28-22-24-18-9-7-6-8-17(18)21(27)25(22)19-12-14(2)10-11-15(19)3/h6-12,16H,5,13H2,1-4H3,(H,23,26). The summed E-state index contributed by atoms with van der Waals surface area (Å²) >= 11 is 1.29. The van der Waals surface area contributed by atoms with Crippen molar-refractivity contribution in [3.63, 3.8) is 0 Å². The van der Waals surface area contributed by atoms with Crippen molar-refractivity contribution in [2.45, 2.75) is 45.3 Å². The van der Waals surface area contributed by atoms with Gasteiger partial charge in [-0.3, -0.25) is 14.2 Å². The molecule has 3 rings (SSSR count). The molecular weight excluding hydrogens is 370 g/mol. The van der Waals surface area contributed by atoms with E-state index in [0.29, 0.717) is 16.1 Å². The molecule has 0 aliphatic heterocycles. The average Bonchev–Trinajstić information content (AvgIpc) is 2.68. The number of thioether (sulfide) groups is 1. The minimum Gasteiger partial charge on any atom is -0.353 e. The number of hydrogen-bond donors (Lipinski definition) is 1. The van der Waals surface area contributed by atoms with E-state index in [2.05, 4.69) is 5.32 Å². The third kappa shape index (κ3) is 4.28. The van der Waals surface area contributed by atoms with Gasteiger partial charge in [-0.05, 0) is 56.5 Å². The van der Waals surface area contributed by atoms with Crippen molar-refractivity contribution in [1.82, 2.24) is 14.9 Å². The van der Waals surface area contributed by atoms with E-state index in [0.717, 1.165) is 23.2 Å². The fourth-order valence-electron chi connectivity index (χ4n) is 2.93. The Morgan fingerprint density at radius 3 is 2.71 bits per heavy atom. The highest BCUT2D eigenvalue weighted by molar-refractivity contribution is 7.99. The van der Waals surface area contributed by atoms with Gasteiger partial charge in [-0.1, -0.05) is 43.0 Å². The number of aromatic nitrogens is 2. The van der Waals surface area contributed by atoms with Crippen LogP contribution in [0.3, 0.4) is 0 Å². The Labute approximate surface area is 169 Å². The van der Waals surface area contributed by atoms with Gasteiger partial charge < -0.3 is 5.32 Å². The zero-order chi connectivity index (χ0) is 20.3. The number of rotatable bonds is 6. The predicted octanol–water partition coefficient (Wildman–Crippen LogP) is 4.01. The Kier molecular flexibility index (Phi) is 6.19. The van der Waals surface area contributed by atoms with Crippen LogP contribution in [0, 0.1) is 13.8 Å². The summed E-state index contributed by atoms with van der Waals surface area (Å²) in [6.07, 6.45) is 0.873. The van der Waals surface area contributed by atoms with Gasteiger partial charge in [-0.15, -0.1) is 0 Å². The maximum Gasteiger partial charge on any atom is 0.266 e.